The summed E-state index contributed by atoms with van der Waals surface area (Å²) in [6.07, 6.45) is -0.526. The molecule has 0 aliphatic heterocycles. The number of aliphatic hydroxyl groups is 1. The van der Waals surface area contributed by atoms with Crippen molar-refractivity contribution in [1.82, 2.24) is 0 Å². The van der Waals surface area contributed by atoms with Crippen molar-refractivity contribution in [1.29, 1.82) is 0 Å². The molecule has 19 heavy (non-hydrogen) atoms. The molecule has 2 unspecified atom stereocenters. The fraction of sp³-hybridized carbons (Fsp3) is 0.417. The topological polar surface area (TPSA) is 89.7 Å². The molecule has 1 aromatic carbocycles. The van der Waals surface area contributed by atoms with Crippen LogP contribution in [0.25, 0.3) is 0 Å². The second kappa shape index (κ2) is 6.53. The highest BCUT2D eigenvalue weighted by Crippen LogP contribution is 2.30. The minimum absolute atomic E-state index is 0.0877. The molecule has 0 aliphatic rings. The van der Waals surface area contributed by atoms with Crippen LogP contribution in [-0.4, -0.2) is 34.5 Å². The number of nitro benzene ring substituents is 1. The maximum Gasteiger partial charge on any atom is 0.344 e. The monoisotopic (exact) mass is 285 g/mol. The number of carbonyl (C=O) groups excluding carboxylic acids is 1. The number of esters is 1. The van der Waals surface area contributed by atoms with Gasteiger partial charge in [0.15, 0.2) is 0 Å². The fourth-order valence-electron chi connectivity index (χ4n) is 1.33. The molecule has 1 rings (SSSR count). The Labute approximate surface area is 114 Å². The summed E-state index contributed by atoms with van der Waals surface area (Å²) in [6, 6.07) is 4.23. The lowest BCUT2D eigenvalue weighted by Gasteiger charge is -2.14. The third kappa shape index (κ3) is 3.93. The Bertz CT molecular complexity index is 489. The first-order valence-electron chi connectivity index (χ1n) is 5.58. The van der Waals surface area contributed by atoms with Crippen molar-refractivity contribution < 1.29 is 19.6 Å². The van der Waals surface area contributed by atoms with E-state index >= 15 is 0 Å². The Morgan fingerprint density at radius 2 is 2.11 bits per heavy atom. The third-order valence-corrected chi connectivity index (χ3v) is 3.86. The average molecular weight is 285 g/mol. The largest absolute Gasteiger partial charge is 0.465 e. The second-order valence-corrected chi connectivity index (χ2v) is 5.44. The van der Waals surface area contributed by atoms with E-state index in [0.29, 0.717) is 4.90 Å². The number of hydrogen-bond donors (Lipinski definition) is 1. The molecule has 7 heteroatoms. The van der Waals surface area contributed by atoms with E-state index in [4.69, 9.17) is 0 Å². The van der Waals surface area contributed by atoms with Gasteiger partial charge in [-0.05, 0) is 19.1 Å². The first kappa shape index (κ1) is 15.5. The standard InChI is InChI=1S/C12H15NO5S/c1-7(14)8(2)19-9-4-5-11(13(16)17)10(6-9)12(15)18-3/h4-8,14H,1-3H3. The van der Waals surface area contributed by atoms with Gasteiger partial charge in [-0.2, -0.15) is 0 Å². The molecule has 0 radical (unpaired) electrons. The molecule has 0 fully saturated rings. The lowest BCUT2D eigenvalue weighted by atomic mass is 10.2. The molecular formula is C12H15NO5S. The SMILES string of the molecule is COC(=O)c1cc(SC(C)C(C)O)ccc1[N+](=O)[O-]. The van der Waals surface area contributed by atoms with Crippen LogP contribution in [0.2, 0.25) is 0 Å². The highest BCUT2D eigenvalue weighted by atomic mass is 32.2. The number of rotatable bonds is 5. The van der Waals surface area contributed by atoms with Crippen LogP contribution >= 0.6 is 11.8 Å². The summed E-state index contributed by atoms with van der Waals surface area (Å²) in [7, 11) is 1.17. The Morgan fingerprint density at radius 3 is 2.58 bits per heavy atom. The van der Waals surface area contributed by atoms with E-state index in [1.807, 2.05) is 6.92 Å². The van der Waals surface area contributed by atoms with Crippen molar-refractivity contribution in [3.63, 3.8) is 0 Å². The van der Waals surface area contributed by atoms with E-state index in [-0.39, 0.29) is 16.5 Å². The van der Waals surface area contributed by atoms with Gasteiger partial charge in [-0.15, -0.1) is 11.8 Å². The predicted octanol–water partition coefficient (Wildman–Crippen LogP) is 2.24. The van der Waals surface area contributed by atoms with E-state index in [0.717, 1.165) is 0 Å². The molecule has 0 saturated heterocycles. The summed E-state index contributed by atoms with van der Waals surface area (Å²) in [4.78, 5) is 22.4. The maximum absolute atomic E-state index is 11.5. The number of benzene rings is 1. The molecule has 0 bridgehead atoms. The summed E-state index contributed by atoms with van der Waals surface area (Å²) in [5.41, 5.74) is -0.379. The number of nitro groups is 1. The van der Waals surface area contributed by atoms with Gasteiger partial charge in [-0.1, -0.05) is 6.92 Å². The summed E-state index contributed by atoms with van der Waals surface area (Å²) >= 11 is 1.33. The number of thioether (sulfide) groups is 1. The first-order chi connectivity index (χ1) is 8.86. The number of carbonyl (C=O) groups is 1. The summed E-state index contributed by atoms with van der Waals surface area (Å²) in [6.45, 7) is 3.48. The highest BCUT2D eigenvalue weighted by Gasteiger charge is 2.22. The predicted molar refractivity (Wildman–Crippen MR) is 71.4 cm³/mol. The third-order valence-electron chi connectivity index (χ3n) is 2.57. The Morgan fingerprint density at radius 1 is 1.47 bits per heavy atom. The number of hydrogen-bond acceptors (Lipinski definition) is 6. The Hall–Kier alpha value is -1.60. The summed E-state index contributed by atoms with van der Waals surface area (Å²) in [5.74, 6) is -0.751. The van der Waals surface area contributed by atoms with Gasteiger partial charge in [-0.25, -0.2) is 4.79 Å². The molecule has 0 heterocycles. The molecule has 0 aromatic heterocycles. The molecule has 1 aromatic rings. The van der Waals surface area contributed by atoms with Gasteiger partial charge in [-0.3, -0.25) is 10.1 Å². The van der Waals surface area contributed by atoms with Crippen LogP contribution in [0.4, 0.5) is 5.69 Å². The van der Waals surface area contributed by atoms with Gasteiger partial charge >= 0.3 is 5.97 Å². The van der Waals surface area contributed by atoms with E-state index in [2.05, 4.69) is 4.74 Å². The van der Waals surface area contributed by atoms with Crippen LogP contribution in [0.15, 0.2) is 23.1 Å². The zero-order valence-corrected chi connectivity index (χ0v) is 11.6. The zero-order valence-electron chi connectivity index (χ0n) is 10.8. The number of ether oxygens (including phenoxy) is 1. The Balaban J connectivity index is 3.11. The molecule has 0 spiro atoms. The first-order valence-corrected chi connectivity index (χ1v) is 6.46. The van der Waals surface area contributed by atoms with Gasteiger partial charge in [0.25, 0.3) is 5.69 Å². The second-order valence-electron chi connectivity index (χ2n) is 3.99. The van der Waals surface area contributed by atoms with Gasteiger partial charge in [0.2, 0.25) is 0 Å². The number of nitrogens with zero attached hydrogens (tertiary/aromatic N) is 1. The summed E-state index contributed by atoms with van der Waals surface area (Å²) < 4.78 is 4.53. The molecule has 0 aliphatic carbocycles. The van der Waals surface area contributed by atoms with Crippen LogP contribution in [0.3, 0.4) is 0 Å². The molecule has 0 amide bonds. The van der Waals surface area contributed by atoms with Crippen molar-refractivity contribution in [3.05, 3.63) is 33.9 Å². The molecule has 104 valence electrons. The minimum atomic E-state index is -0.751. The quantitative estimate of drug-likeness (QED) is 0.386. The van der Waals surface area contributed by atoms with E-state index < -0.39 is 17.0 Å². The average Bonchev–Trinajstić information content (AvgIpc) is 2.37. The van der Waals surface area contributed by atoms with Gasteiger partial charge in [0.1, 0.15) is 5.56 Å². The van der Waals surface area contributed by atoms with Crippen molar-refractivity contribution in [3.8, 4) is 0 Å². The van der Waals surface area contributed by atoms with E-state index in [1.54, 1.807) is 13.0 Å². The molecule has 2 atom stereocenters. The highest BCUT2D eigenvalue weighted by molar-refractivity contribution is 8.00. The summed E-state index contributed by atoms with van der Waals surface area (Å²) in [5, 5.41) is 20.2. The van der Waals surface area contributed by atoms with Crippen molar-refractivity contribution in [2.45, 2.75) is 30.1 Å². The minimum Gasteiger partial charge on any atom is -0.465 e. The lowest BCUT2D eigenvalue weighted by Crippen LogP contribution is -2.15. The van der Waals surface area contributed by atoms with Crippen molar-refractivity contribution in [2.24, 2.45) is 0 Å². The molecule has 6 nitrogen and oxygen atoms in total. The Kier molecular flexibility index (Phi) is 5.31. The normalized spacial score (nSPS) is 13.7. The van der Waals surface area contributed by atoms with Crippen molar-refractivity contribution in [2.75, 3.05) is 7.11 Å². The number of methoxy groups -OCH3 is 1. The maximum atomic E-state index is 11.5. The lowest BCUT2D eigenvalue weighted by molar-refractivity contribution is -0.385. The van der Waals surface area contributed by atoms with Crippen LogP contribution in [0.5, 0.6) is 0 Å². The van der Waals surface area contributed by atoms with Gasteiger partial charge < -0.3 is 9.84 Å². The van der Waals surface area contributed by atoms with Crippen LogP contribution in [0.1, 0.15) is 24.2 Å². The van der Waals surface area contributed by atoms with Crippen LogP contribution in [0, 0.1) is 10.1 Å². The van der Waals surface area contributed by atoms with Crippen molar-refractivity contribution >= 4 is 23.4 Å². The van der Waals surface area contributed by atoms with Gasteiger partial charge in [0.05, 0.1) is 18.1 Å². The molecule has 0 saturated carbocycles. The number of aliphatic hydroxyl groups excluding tert-OH is 1. The van der Waals surface area contributed by atoms with Crippen LogP contribution in [-0.2, 0) is 4.74 Å². The fourth-order valence-corrected chi connectivity index (χ4v) is 2.29. The smallest absolute Gasteiger partial charge is 0.344 e. The van der Waals surface area contributed by atoms with E-state index in [1.165, 1.54) is 31.0 Å². The van der Waals surface area contributed by atoms with Gasteiger partial charge in [0, 0.05) is 16.2 Å². The molecular weight excluding hydrogens is 270 g/mol. The zero-order chi connectivity index (χ0) is 14.6. The van der Waals surface area contributed by atoms with E-state index in [9.17, 15) is 20.0 Å². The van der Waals surface area contributed by atoms with Crippen LogP contribution < -0.4 is 0 Å². The molecule has 1 N–H and O–H groups in total.